The van der Waals surface area contributed by atoms with E-state index < -0.39 is 20.1 Å². The average molecular weight is 305 g/mol. The first-order valence-electron chi connectivity index (χ1n) is 5.87. The van der Waals surface area contributed by atoms with Gasteiger partial charge in [0, 0.05) is 5.02 Å². The van der Waals surface area contributed by atoms with Crippen LogP contribution in [0.2, 0.25) is 23.2 Å². The summed E-state index contributed by atoms with van der Waals surface area (Å²) in [4.78, 5) is 11.2. The normalized spacial score (nSPS) is 12.4. The van der Waals surface area contributed by atoms with Crippen molar-refractivity contribution in [3.8, 4) is 5.75 Å². The molecule has 6 heteroatoms. The highest BCUT2D eigenvalue weighted by Crippen LogP contribution is 2.39. The van der Waals surface area contributed by atoms with E-state index in [1.165, 1.54) is 6.07 Å². The second-order valence-corrected chi connectivity index (χ2v) is 11.1. The fraction of sp³-hybridized carbons (Fsp3) is 0.462. The molecular formula is C13H18ClFO3Si. The van der Waals surface area contributed by atoms with Crippen molar-refractivity contribution in [2.75, 3.05) is 0 Å². The van der Waals surface area contributed by atoms with Gasteiger partial charge in [0.25, 0.3) is 8.32 Å². The van der Waals surface area contributed by atoms with Crippen LogP contribution in [0, 0.1) is 5.82 Å². The number of hydrogen-bond donors (Lipinski definition) is 1. The molecule has 0 heterocycles. The third kappa shape index (κ3) is 3.48. The Bertz CT molecular complexity index is 509. The first kappa shape index (κ1) is 16.0. The van der Waals surface area contributed by atoms with Crippen molar-refractivity contribution in [2.45, 2.75) is 38.9 Å². The minimum absolute atomic E-state index is 0.0393. The summed E-state index contributed by atoms with van der Waals surface area (Å²) >= 11 is 5.68. The highest BCUT2D eigenvalue weighted by atomic mass is 35.5. The van der Waals surface area contributed by atoms with Gasteiger partial charge in [0.15, 0.2) is 11.6 Å². The molecule has 0 saturated carbocycles. The molecule has 19 heavy (non-hydrogen) atoms. The van der Waals surface area contributed by atoms with Gasteiger partial charge < -0.3 is 9.53 Å². The number of carbonyl (C=O) groups is 1. The van der Waals surface area contributed by atoms with Crippen LogP contribution in [0.4, 0.5) is 4.39 Å². The maximum absolute atomic E-state index is 13.9. The number of halogens is 2. The molecule has 0 aromatic heterocycles. The van der Waals surface area contributed by atoms with E-state index in [1.807, 2.05) is 33.9 Å². The van der Waals surface area contributed by atoms with E-state index in [2.05, 4.69) is 0 Å². The lowest BCUT2D eigenvalue weighted by Gasteiger charge is -2.36. The van der Waals surface area contributed by atoms with Crippen LogP contribution in [0.5, 0.6) is 5.75 Å². The third-order valence-corrected chi connectivity index (χ3v) is 7.95. The first-order valence-corrected chi connectivity index (χ1v) is 9.15. The van der Waals surface area contributed by atoms with Gasteiger partial charge in [-0.1, -0.05) is 32.4 Å². The molecule has 0 radical (unpaired) electrons. The maximum Gasteiger partial charge on any atom is 0.339 e. The number of carboxylic acid groups (broad SMARTS) is 1. The quantitative estimate of drug-likeness (QED) is 0.833. The molecule has 0 saturated heterocycles. The van der Waals surface area contributed by atoms with Crippen molar-refractivity contribution in [2.24, 2.45) is 0 Å². The van der Waals surface area contributed by atoms with Gasteiger partial charge in [-0.05, 0) is 30.3 Å². The second-order valence-electron chi connectivity index (χ2n) is 5.93. The van der Waals surface area contributed by atoms with E-state index in [9.17, 15) is 9.18 Å². The Labute approximate surface area is 118 Å². The Morgan fingerprint density at radius 3 is 2.32 bits per heavy atom. The predicted molar refractivity (Wildman–Crippen MR) is 76.2 cm³/mol. The molecule has 0 fully saturated rings. The van der Waals surface area contributed by atoms with Gasteiger partial charge in [0.05, 0.1) is 0 Å². The molecule has 0 bridgehead atoms. The molecule has 0 spiro atoms. The summed E-state index contributed by atoms with van der Waals surface area (Å²) in [5, 5.41) is 9.01. The van der Waals surface area contributed by atoms with Crippen LogP contribution in [0.25, 0.3) is 0 Å². The summed E-state index contributed by atoms with van der Waals surface area (Å²) in [6.45, 7) is 9.83. The van der Waals surface area contributed by atoms with Crippen LogP contribution in [0.1, 0.15) is 31.1 Å². The monoisotopic (exact) mass is 304 g/mol. The summed E-state index contributed by atoms with van der Waals surface area (Å²) in [5.74, 6) is -2.21. The molecule has 0 atom stereocenters. The van der Waals surface area contributed by atoms with Gasteiger partial charge in [-0.25, -0.2) is 9.18 Å². The zero-order valence-corrected chi connectivity index (χ0v) is 13.4. The Balaban J connectivity index is 3.32. The highest BCUT2D eigenvalue weighted by molar-refractivity contribution is 6.74. The molecule has 106 valence electrons. The Hall–Kier alpha value is -1.07. The summed E-state index contributed by atoms with van der Waals surface area (Å²) in [5.41, 5.74) is -0.241. The summed E-state index contributed by atoms with van der Waals surface area (Å²) in [6, 6.07) is 2.27. The summed E-state index contributed by atoms with van der Waals surface area (Å²) < 4.78 is 19.7. The van der Waals surface area contributed by atoms with Gasteiger partial charge in [-0.3, -0.25) is 0 Å². The Morgan fingerprint density at radius 1 is 1.37 bits per heavy atom. The number of carboxylic acids is 1. The van der Waals surface area contributed by atoms with Crippen molar-refractivity contribution < 1.29 is 18.7 Å². The molecule has 3 nitrogen and oxygen atoms in total. The summed E-state index contributed by atoms with van der Waals surface area (Å²) in [7, 11) is -2.32. The molecule has 0 unspecified atom stereocenters. The number of rotatable bonds is 3. The van der Waals surface area contributed by atoms with Crippen molar-refractivity contribution in [1.29, 1.82) is 0 Å². The highest BCUT2D eigenvalue weighted by Gasteiger charge is 2.40. The number of benzene rings is 1. The summed E-state index contributed by atoms with van der Waals surface area (Å²) in [6.07, 6.45) is 0. The van der Waals surface area contributed by atoms with Crippen LogP contribution in [-0.4, -0.2) is 19.4 Å². The molecule has 0 amide bonds. The van der Waals surface area contributed by atoms with E-state index in [0.29, 0.717) is 0 Å². The van der Waals surface area contributed by atoms with Crippen LogP contribution >= 0.6 is 11.6 Å². The van der Waals surface area contributed by atoms with Crippen LogP contribution in [0.3, 0.4) is 0 Å². The minimum atomic E-state index is -2.32. The molecule has 1 aromatic carbocycles. The molecule has 0 aliphatic rings. The molecule has 0 aliphatic heterocycles. The van der Waals surface area contributed by atoms with E-state index in [-0.39, 0.29) is 21.4 Å². The maximum atomic E-state index is 13.9. The molecule has 0 aliphatic carbocycles. The van der Waals surface area contributed by atoms with Gasteiger partial charge in [0.1, 0.15) is 5.56 Å². The lowest BCUT2D eigenvalue weighted by molar-refractivity contribution is 0.0694. The van der Waals surface area contributed by atoms with Gasteiger partial charge in [-0.2, -0.15) is 0 Å². The fourth-order valence-corrected chi connectivity index (χ4v) is 2.46. The largest absolute Gasteiger partial charge is 0.541 e. The van der Waals surface area contributed by atoms with Crippen LogP contribution < -0.4 is 4.43 Å². The lowest BCUT2D eigenvalue weighted by Crippen LogP contribution is -2.44. The molecular weight excluding hydrogens is 287 g/mol. The number of hydrogen-bond acceptors (Lipinski definition) is 2. The van der Waals surface area contributed by atoms with Crippen molar-refractivity contribution >= 4 is 25.9 Å². The SMILES string of the molecule is CC(C)(C)[Si](C)(C)Oc1c(F)cc(Cl)cc1C(=O)O. The van der Waals surface area contributed by atoms with Crippen molar-refractivity contribution in [3.05, 3.63) is 28.5 Å². The van der Waals surface area contributed by atoms with Gasteiger partial charge >= 0.3 is 5.97 Å². The van der Waals surface area contributed by atoms with Crippen molar-refractivity contribution in [3.63, 3.8) is 0 Å². The lowest BCUT2D eigenvalue weighted by atomic mass is 10.2. The van der Waals surface area contributed by atoms with Crippen LogP contribution in [0.15, 0.2) is 12.1 Å². The number of aromatic carboxylic acids is 1. The van der Waals surface area contributed by atoms with E-state index in [1.54, 1.807) is 0 Å². The van der Waals surface area contributed by atoms with Crippen LogP contribution in [-0.2, 0) is 0 Å². The second kappa shape index (κ2) is 5.13. The zero-order chi connectivity index (χ0) is 15.0. The Kier molecular flexibility index (Phi) is 4.32. The first-order chi connectivity index (χ1) is 8.45. The molecule has 1 rings (SSSR count). The van der Waals surface area contributed by atoms with Gasteiger partial charge in [0.2, 0.25) is 0 Å². The minimum Gasteiger partial charge on any atom is -0.541 e. The van der Waals surface area contributed by atoms with Crippen molar-refractivity contribution in [1.82, 2.24) is 0 Å². The fourth-order valence-electron chi connectivity index (χ4n) is 1.23. The van der Waals surface area contributed by atoms with E-state index in [4.69, 9.17) is 21.1 Å². The zero-order valence-electron chi connectivity index (χ0n) is 11.7. The predicted octanol–water partition coefficient (Wildman–Crippen LogP) is 4.56. The third-order valence-electron chi connectivity index (χ3n) is 3.40. The standard InChI is InChI=1S/C13H18ClFO3Si/c1-13(2,3)19(4,5)18-11-9(12(16)17)6-8(14)7-10(11)15/h6-7H,1-5H3,(H,16,17). The van der Waals surface area contributed by atoms with E-state index in [0.717, 1.165) is 6.07 Å². The molecule has 1 N–H and O–H groups in total. The van der Waals surface area contributed by atoms with Gasteiger partial charge in [-0.15, -0.1) is 0 Å². The average Bonchev–Trinajstić information content (AvgIpc) is 2.19. The topological polar surface area (TPSA) is 46.5 Å². The Morgan fingerprint density at radius 2 is 1.89 bits per heavy atom. The smallest absolute Gasteiger partial charge is 0.339 e. The molecule has 1 aromatic rings. The van der Waals surface area contributed by atoms with E-state index >= 15 is 0 Å².